The molecule has 0 radical (unpaired) electrons. The van der Waals surface area contributed by atoms with Crippen LogP contribution in [0.25, 0.3) is 16.9 Å². The first-order chi connectivity index (χ1) is 16.2. The van der Waals surface area contributed by atoms with E-state index in [0.29, 0.717) is 16.0 Å². The lowest BCUT2D eigenvalue weighted by Gasteiger charge is -2.14. The summed E-state index contributed by atoms with van der Waals surface area (Å²) in [5.41, 5.74) is 0.559. The molecular formula is C22H18F3N7O2. The van der Waals surface area contributed by atoms with Crippen LogP contribution in [0.2, 0.25) is 0 Å². The van der Waals surface area contributed by atoms with E-state index in [-0.39, 0.29) is 18.7 Å². The van der Waals surface area contributed by atoms with Gasteiger partial charge in [-0.15, -0.1) is 0 Å². The number of fused-ring (bicyclic) bond motifs is 1. The van der Waals surface area contributed by atoms with Crippen molar-refractivity contribution in [2.45, 2.75) is 19.0 Å². The molecule has 5 rings (SSSR count). The zero-order valence-corrected chi connectivity index (χ0v) is 17.8. The fraction of sp³-hybridized carbons (Fsp3) is 0.227. The molecular weight excluding hydrogens is 451 g/mol. The van der Waals surface area contributed by atoms with Crippen LogP contribution in [0.15, 0.2) is 55.1 Å². The van der Waals surface area contributed by atoms with E-state index in [1.807, 2.05) is 16.5 Å². The number of nitrogens with zero attached hydrogens (tertiary/aromatic N) is 5. The lowest BCUT2D eigenvalue weighted by Crippen LogP contribution is -2.35. The second kappa shape index (κ2) is 7.68. The van der Waals surface area contributed by atoms with Crippen LogP contribution in [0.3, 0.4) is 0 Å². The average Bonchev–Trinajstić information content (AvgIpc) is 3.37. The van der Waals surface area contributed by atoms with Gasteiger partial charge in [-0.3, -0.25) is 23.7 Å². The van der Waals surface area contributed by atoms with Crippen LogP contribution < -0.4 is 10.6 Å². The molecule has 1 aromatic carbocycles. The van der Waals surface area contributed by atoms with Crippen molar-refractivity contribution in [3.8, 4) is 11.3 Å². The van der Waals surface area contributed by atoms with Crippen molar-refractivity contribution in [2.24, 2.45) is 12.5 Å². The number of carbonyl (C=O) groups is 2. The molecule has 9 nitrogen and oxygen atoms in total. The van der Waals surface area contributed by atoms with Gasteiger partial charge in [0.25, 0.3) is 0 Å². The predicted octanol–water partition coefficient (Wildman–Crippen LogP) is 3.51. The Morgan fingerprint density at radius 1 is 1.06 bits per heavy atom. The molecule has 12 heteroatoms. The molecule has 3 heterocycles. The summed E-state index contributed by atoms with van der Waals surface area (Å²) in [5.74, 6) is -1.47. The number of anilines is 2. The molecule has 4 aromatic rings. The monoisotopic (exact) mass is 469 g/mol. The zero-order chi connectivity index (χ0) is 24.1. The third-order valence-electron chi connectivity index (χ3n) is 5.79. The summed E-state index contributed by atoms with van der Waals surface area (Å²) < 4.78 is 41.4. The van der Waals surface area contributed by atoms with Crippen LogP contribution in [0.1, 0.15) is 18.5 Å². The lowest BCUT2D eigenvalue weighted by atomic mass is 10.0. The van der Waals surface area contributed by atoms with Gasteiger partial charge < -0.3 is 10.6 Å². The number of carbonyl (C=O) groups excluding carboxylic acids is 2. The van der Waals surface area contributed by atoms with Crippen LogP contribution in [0.5, 0.6) is 0 Å². The van der Waals surface area contributed by atoms with Gasteiger partial charge in [0.15, 0.2) is 11.5 Å². The van der Waals surface area contributed by atoms with Crippen LogP contribution in [-0.2, 0) is 22.8 Å². The first-order valence-corrected chi connectivity index (χ1v) is 10.3. The van der Waals surface area contributed by atoms with Gasteiger partial charge in [-0.1, -0.05) is 12.1 Å². The first kappa shape index (κ1) is 21.6. The van der Waals surface area contributed by atoms with Crippen LogP contribution in [0, 0.1) is 5.41 Å². The number of hydrogen-bond donors (Lipinski definition) is 2. The summed E-state index contributed by atoms with van der Waals surface area (Å²) in [5, 5.41) is 8.75. The highest BCUT2D eigenvalue weighted by Crippen LogP contribution is 2.47. The fourth-order valence-corrected chi connectivity index (χ4v) is 3.74. The second-order valence-corrected chi connectivity index (χ2v) is 8.05. The molecule has 0 atom stereocenters. The van der Waals surface area contributed by atoms with Gasteiger partial charge in [0, 0.05) is 36.8 Å². The van der Waals surface area contributed by atoms with Crippen LogP contribution in [-0.4, -0.2) is 36.0 Å². The normalized spacial score (nSPS) is 14.7. The predicted molar refractivity (Wildman–Crippen MR) is 116 cm³/mol. The van der Waals surface area contributed by atoms with Crippen molar-refractivity contribution >= 4 is 29.0 Å². The van der Waals surface area contributed by atoms with Crippen molar-refractivity contribution in [1.82, 2.24) is 24.1 Å². The number of amides is 2. The molecule has 3 aromatic heterocycles. The summed E-state index contributed by atoms with van der Waals surface area (Å²) >= 11 is 0. The highest BCUT2D eigenvalue weighted by molar-refractivity contribution is 6.16. The van der Waals surface area contributed by atoms with Gasteiger partial charge in [0.1, 0.15) is 11.1 Å². The number of benzene rings is 1. The maximum atomic E-state index is 13.0. The molecule has 1 saturated carbocycles. The van der Waals surface area contributed by atoms with E-state index < -0.39 is 29.1 Å². The molecule has 0 spiro atoms. The number of imidazole rings is 1. The highest BCUT2D eigenvalue weighted by atomic mass is 19.4. The Hall–Kier alpha value is -4.22. The Morgan fingerprint density at radius 3 is 2.41 bits per heavy atom. The average molecular weight is 469 g/mol. The van der Waals surface area contributed by atoms with Crippen molar-refractivity contribution in [1.29, 1.82) is 0 Å². The number of hydrogen-bond acceptors (Lipinski definition) is 5. The van der Waals surface area contributed by atoms with E-state index >= 15 is 0 Å². The van der Waals surface area contributed by atoms with Crippen LogP contribution >= 0.6 is 0 Å². The van der Waals surface area contributed by atoms with E-state index in [0.717, 1.165) is 24.4 Å². The molecule has 1 aliphatic rings. The number of aromatic nitrogens is 5. The minimum atomic E-state index is -4.61. The fourth-order valence-electron chi connectivity index (χ4n) is 3.74. The van der Waals surface area contributed by atoms with E-state index in [4.69, 9.17) is 0 Å². The molecule has 0 unspecified atom stereocenters. The van der Waals surface area contributed by atoms with Crippen molar-refractivity contribution in [3.05, 3.63) is 60.8 Å². The lowest BCUT2D eigenvalue weighted by molar-refractivity contribution is -0.143. The van der Waals surface area contributed by atoms with Crippen molar-refractivity contribution in [3.63, 3.8) is 0 Å². The van der Waals surface area contributed by atoms with Crippen molar-refractivity contribution in [2.75, 3.05) is 10.6 Å². The molecule has 1 aliphatic carbocycles. The number of halogens is 3. The summed E-state index contributed by atoms with van der Waals surface area (Å²) in [6.07, 6.45) is 2.79. The second-order valence-electron chi connectivity index (χ2n) is 8.05. The summed E-state index contributed by atoms with van der Waals surface area (Å²) in [6.45, 7) is 0. The van der Waals surface area contributed by atoms with E-state index in [1.165, 1.54) is 0 Å². The Morgan fingerprint density at radius 2 is 1.76 bits per heavy atom. The number of nitrogens with one attached hydrogen (secondary N) is 2. The largest absolute Gasteiger partial charge is 0.433 e. The molecule has 2 N–H and O–H groups in total. The Bertz CT molecular complexity index is 1400. The third-order valence-corrected chi connectivity index (χ3v) is 5.79. The SMILES string of the molecule is Cn1nc(NC(=O)C2(C(=O)Nc3ccc(-c4cnc5cnccn45)cc3)CC2)cc1C(F)(F)F. The number of alkyl halides is 3. The van der Waals surface area contributed by atoms with Gasteiger partial charge in [-0.05, 0) is 25.0 Å². The standard InChI is InChI=1S/C22H18F3N7O2/c1-31-16(22(23,24)25)10-17(30-31)29-20(34)21(6-7-21)19(33)28-14-4-2-13(3-5-14)15-11-27-18-12-26-8-9-32(15)18/h2-5,8-12H,6-7H2,1H3,(H,28,33)(H,29,30,34). The quantitative estimate of drug-likeness (QED) is 0.435. The minimum Gasteiger partial charge on any atom is -0.325 e. The summed E-state index contributed by atoms with van der Waals surface area (Å²) in [4.78, 5) is 33.9. The van der Waals surface area contributed by atoms with Gasteiger partial charge in [0.05, 0.1) is 18.1 Å². The maximum Gasteiger partial charge on any atom is 0.433 e. The molecule has 0 saturated heterocycles. The summed E-state index contributed by atoms with van der Waals surface area (Å²) in [6, 6.07) is 7.77. The Labute approximate surface area is 190 Å². The van der Waals surface area contributed by atoms with Gasteiger partial charge in [-0.25, -0.2) is 4.98 Å². The van der Waals surface area contributed by atoms with Gasteiger partial charge in [0.2, 0.25) is 11.8 Å². The zero-order valence-electron chi connectivity index (χ0n) is 17.8. The molecule has 174 valence electrons. The number of aryl methyl sites for hydroxylation is 1. The van der Waals surface area contributed by atoms with Crippen molar-refractivity contribution < 1.29 is 22.8 Å². The molecule has 2 amide bonds. The molecule has 0 bridgehead atoms. The highest BCUT2D eigenvalue weighted by Gasteiger charge is 2.56. The topological polar surface area (TPSA) is 106 Å². The molecule has 34 heavy (non-hydrogen) atoms. The number of rotatable bonds is 5. The molecule has 1 fully saturated rings. The van der Waals surface area contributed by atoms with E-state index in [9.17, 15) is 22.8 Å². The van der Waals surface area contributed by atoms with Gasteiger partial charge >= 0.3 is 6.18 Å². The minimum absolute atomic E-state index is 0.258. The van der Waals surface area contributed by atoms with Gasteiger partial charge in [-0.2, -0.15) is 18.3 Å². The third kappa shape index (κ3) is 3.76. The first-order valence-electron chi connectivity index (χ1n) is 10.3. The van der Waals surface area contributed by atoms with Crippen LogP contribution in [0.4, 0.5) is 24.7 Å². The Kier molecular flexibility index (Phi) is 4.88. The van der Waals surface area contributed by atoms with E-state index in [1.54, 1.807) is 36.9 Å². The van der Waals surface area contributed by atoms with E-state index in [2.05, 4.69) is 25.7 Å². The maximum absolute atomic E-state index is 13.0. The smallest absolute Gasteiger partial charge is 0.325 e. The Balaban J connectivity index is 1.28. The summed E-state index contributed by atoms with van der Waals surface area (Å²) in [7, 11) is 1.13. The molecule has 0 aliphatic heterocycles.